The van der Waals surface area contributed by atoms with Crippen LogP contribution in [0, 0.1) is 0 Å². The van der Waals surface area contributed by atoms with Crippen LogP contribution in [0.15, 0.2) is 57.1 Å². The normalized spacial score (nSPS) is 10.7. The van der Waals surface area contributed by atoms with E-state index in [0.717, 1.165) is 9.35 Å². The third kappa shape index (κ3) is 3.77. The molecule has 0 unspecified atom stereocenters. The summed E-state index contributed by atoms with van der Waals surface area (Å²) < 4.78 is 2.04. The van der Waals surface area contributed by atoms with Crippen molar-refractivity contribution in [3.8, 4) is 11.3 Å². The number of halogens is 2. The maximum absolute atomic E-state index is 12.3. The smallest absolute Gasteiger partial charge is 0.267 e. The number of Topliss-reactive ketones (excluding diaryl/α,β-unsaturated/α-hetero) is 1. The predicted molar refractivity (Wildman–Crippen MR) is 95.3 cm³/mol. The molecule has 0 N–H and O–H groups in total. The number of benzene rings is 1. The molecule has 0 amide bonds. The maximum Gasteiger partial charge on any atom is 0.267 e. The highest BCUT2D eigenvalue weighted by molar-refractivity contribution is 9.11. The van der Waals surface area contributed by atoms with Gasteiger partial charge in [0.1, 0.15) is 6.54 Å². The minimum absolute atomic E-state index is 0.0970. The van der Waals surface area contributed by atoms with E-state index in [9.17, 15) is 9.59 Å². The quantitative estimate of drug-likeness (QED) is 0.605. The second-order valence-corrected chi connectivity index (χ2v) is 7.65. The molecule has 0 saturated heterocycles. The van der Waals surface area contributed by atoms with E-state index in [0.29, 0.717) is 15.6 Å². The molecular formula is C16H10BrClN2O2S. The summed E-state index contributed by atoms with van der Waals surface area (Å²) in [5.41, 5.74) is 1.06. The average Bonchev–Trinajstić information content (AvgIpc) is 2.96. The van der Waals surface area contributed by atoms with E-state index in [2.05, 4.69) is 21.0 Å². The Morgan fingerprint density at radius 3 is 2.74 bits per heavy atom. The summed E-state index contributed by atoms with van der Waals surface area (Å²) in [5.74, 6) is -0.154. The molecule has 2 heterocycles. The minimum Gasteiger partial charge on any atom is -0.291 e. The highest BCUT2D eigenvalue weighted by atomic mass is 79.9. The number of thiophene rings is 1. The van der Waals surface area contributed by atoms with E-state index in [4.69, 9.17) is 11.6 Å². The zero-order valence-electron chi connectivity index (χ0n) is 11.7. The number of carbonyl (C=O) groups excluding carboxylic acids is 1. The zero-order valence-corrected chi connectivity index (χ0v) is 14.9. The summed E-state index contributed by atoms with van der Waals surface area (Å²) in [7, 11) is 0. The molecule has 116 valence electrons. The van der Waals surface area contributed by atoms with E-state index < -0.39 is 0 Å². The lowest BCUT2D eigenvalue weighted by Crippen LogP contribution is -2.26. The van der Waals surface area contributed by atoms with Gasteiger partial charge in [-0.25, -0.2) is 4.68 Å². The molecule has 3 aromatic rings. The van der Waals surface area contributed by atoms with Gasteiger partial charge < -0.3 is 0 Å². The number of carbonyl (C=O) groups is 1. The molecule has 2 aromatic heterocycles. The van der Waals surface area contributed by atoms with Crippen molar-refractivity contribution in [3.05, 3.63) is 72.6 Å². The Kier molecular flexibility index (Phi) is 4.75. The van der Waals surface area contributed by atoms with Gasteiger partial charge in [0.25, 0.3) is 5.56 Å². The zero-order chi connectivity index (χ0) is 16.4. The first-order chi connectivity index (χ1) is 11.0. The van der Waals surface area contributed by atoms with Crippen molar-refractivity contribution in [3.63, 3.8) is 0 Å². The largest absolute Gasteiger partial charge is 0.291 e. The summed E-state index contributed by atoms with van der Waals surface area (Å²) >= 11 is 10.6. The van der Waals surface area contributed by atoms with E-state index in [1.54, 1.807) is 30.3 Å². The van der Waals surface area contributed by atoms with Crippen molar-refractivity contribution in [2.45, 2.75) is 6.54 Å². The first-order valence-electron chi connectivity index (χ1n) is 6.65. The lowest BCUT2D eigenvalue weighted by atomic mass is 10.1. The molecule has 7 heteroatoms. The molecule has 0 radical (unpaired) electrons. The molecule has 0 aliphatic heterocycles. The Bertz CT molecular complexity index is 936. The fourth-order valence-corrected chi connectivity index (χ4v) is 3.55. The summed E-state index contributed by atoms with van der Waals surface area (Å²) in [5, 5.41) is 4.86. The molecule has 3 rings (SSSR count). The lowest BCUT2D eigenvalue weighted by Gasteiger charge is -2.06. The summed E-state index contributed by atoms with van der Waals surface area (Å²) in [6.07, 6.45) is 0. The van der Waals surface area contributed by atoms with E-state index in [1.165, 1.54) is 22.1 Å². The van der Waals surface area contributed by atoms with Gasteiger partial charge in [0.05, 0.1) is 14.4 Å². The summed E-state index contributed by atoms with van der Waals surface area (Å²) in [4.78, 5) is 24.8. The second kappa shape index (κ2) is 6.78. The van der Waals surface area contributed by atoms with E-state index >= 15 is 0 Å². The van der Waals surface area contributed by atoms with Crippen molar-refractivity contribution < 1.29 is 4.79 Å². The summed E-state index contributed by atoms with van der Waals surface area (Å²) in [6.45, 7) is -0.0970. The minimum atomic E-state index is -0.320. The van der Waals surface area contributed by atoms with Crippen LogP contribution >= 0.6 is 38.9 Å². The SMILES string of the molecule is O=C(Cn1nc(-c2cccc(Cl)c2)ccc1=O)c1ccc(Br)s1. The highest BCUT2D eigenvalue weighted by Gasteiger charge is 2.12. The lowest BCUT2D eigenvalue weighted by molar-refractivity contribution is 0.0970. The van der Waals surface area contributed by atoms with Gasteiger partial charge in [-0.2, -0.15) is 5.10 Å². The standard InChI is InChI=1S/C16H10BrClN2O2S/c17-15-6-5-14(23-15)13(21)9-20-16(22)7-4-12(19-20)10-2-1-3-11(18)8-10/h1-8H,9H2. The Morgan fingerprint density at radius 1 is 1.22 bits per heavy atom. The van der Waals surface area contributed by atoms with Crippen molar-refractivity contribution in [2.24, 2.45) is 0 Å². The van der Waals surface area contributed by atoms with Crippen LogP contribution < -0.4 is 5.56 Å². The van der Waals surface area contributed by atoms with Crippen LogP contribution in [0.2, 0.25) is 5.02 Å². The van der Waals surface area contributed by atoms with Gasteiger partial charge in [-0.05, 0) is 46.3 Å². The number of nitrogens with zero attached hydrogens (tertiary/aromatic N) is 2. The van der Waals surface area contributed by atoms with Crippen LogP contribution in [0.4, 0.5) is 0 Å². The second-order valence-electron chi connectivity index (χ2n) is 4.75. The Hall–Kier alpha value is -1.76. The summed E-state index contributed by atoms with van der Waals surface area (Å²) in [6, 6.07) is 13.7. The van der Waals surface area contributed by atoms with E-state index in [-0.39, 0.29) is 17.9 Å². The molecule has 23 heavy (non-hydrogen) atoms. The number of ketones is 1. The molecule has 0 aliphatic rings. The van der Waals surface area contributed by atoms with E-state index in [1.807, 2.05) is 12.1 Å². The van der Waals surface area contributed by atoms with Crippen LogP contribution in [0.1, 0.15) is 9.67 Å². The molecule has 0 bridgehead atoms. The van der Waals surface area contributed by atoms with Crippen LogP contribution in [0.25, 0.3) is 11.3 Å². The number of hydrogen-bond donors (Lipinski definition) is 0. The monoisotopic (exact) mass is 408 g/mol. The third-order valence-electron chi connectivity index (χ3n) is 3.13. The average molecular weight is 410 g/mol. The van der Waals surface area contributed by atoms with Crippen LogP contribution in [-0.4, -0.2) is 15.6 Å². The number of aromatic nitrogens is 2. The molecule has 0 atom stereocenters. The van der Waals surface area contributed by atoms with Gasteiger partial charge in [0.15, 0.2) is 5.78 Å². The van der Waals surface area contributed by atoms with Gasteiger partial charge in [0.2, 0.25) is 0 Å². The Balaban J connectivity index is 1.92. The molecular weight excluding hydrogens is 400 g/mol. The molecule has 1 aromatic carbocycles. The fourth-order valence-electron chi connectivity index (χ4n) is 2.04. The molecule has 0 aliphatic carbocycles. The molecule has 4 nitrogen and oxygen atoms in total. The van der Waals surface area contributed by atoms with Crippen molar-refractivity contribution >= 4 is 44.7 Å². The maximum atomic E-state index is 12.3. The van der Waals surface area contributed by atoms with Gasteiger partial charge in [-0.3, -0.25) is 9.59 Å². The number of hydrogen-bond acceptors (Lipinski definition) is 4. The van der Waals surface area contributed by atoms with Crippen molar-refractivity contribution in [1.82, 2.24) is 9.78 Å². The topological polar surface area (TPSA) is 52.0 Å². The Labute approximate surface area is 149 Å². The van der Waals surface area contributed by atoms with Gasteiger partial charge in [-0.1, -0.05) is 23.7 Å². The van der Waals surface area contributed by atoms with Gasteiger partial charge >= 0.3 is 0 Å². The first kappa shape index (κ1) is 16.1. The molecule has 0 spiro atoms. The first-order valence-corrected chi connectivity index (χ1v) is 8.64. The highest BCUT2D eigenvalue weighted by Crippen LogP contribution is 2.23. The van der Waals surface area contributed by atoms with Crippen LogP contribution in [0.5, 0.6) is 0 Å². The fraction of sp³-hybridized carbons (Fsp3) is 0.0625. The molecule has 0 saturated carbocycles. The van der Waals surface area contributed by atoms with Crippen LogP contribution in [0.3, 0.4) is 0 Å². The predicted octanol–water partition coefficient (Wildman–Crippen LogP) is 4.27. The Morgan fingerprint density at radius 2 is 2.04 bits per heavy atom. The third-order valence-corrected chi connectivity index (χ3v) is 5.03. The molecule has 0 fully saturated rings. The van der Waals surface area contributed by atoms with Gasteiger partial charge in [0, 0.05) is 16.7 Å². The van der Waals surface area contributed by atoms with Crippen molar-refractivity contribution in [1.29, 1.82) is 0 Å². The van der Waals surface area contributed by atoms with Crippen molar-refractivity contribution in [2.75, 3.05) is 0 Å². The van der Waals surface area contributed by atoms with Gasteiger partial charge in [-0.15, -0.1) is 11.3 Å². The van der Waals surface area contributed by atoms with Crippen LogP contribution in [-0.2, 0) is 6.54 Å². The number of rotatable bonds is 4.